The van der Waals surface area contributed by atoms with E-state index in [1.807, 2.05) is 19.1 Å². The van der Waals surface area contributed by atoms with Gasteiger partial charge in [0.05, 0.1) is 5.69 Å². The lowest BCUT2D eigenvalue weighted by Crippen LogP contribution is -1.91. The number of nitrogens with zero attached hydrogens (tertiary/aromatic N) is 1. The van der Waals surface area contributed by atoms with Crippen molar-refractivity contribution >= 4 is 17.2 Å². The third-order valence-corrected chi connectivity index (χ3v) is 2.26. The Morgan fingerprint density at radius 2 is 2.14 bits per heavy atom. The fourth-order valence-corrected chi connectivity index (χ4v) is 1.35. The Kier molecular flexibility index (Phi) is 3.66. The molecule has 2 heteroatoms. The van der Waals surface area contributed by atoms with Gasteiger partial charge in [-0.3, -0.25) is 4.98 Å². The maximum Gasteiger partial charge on any atom is 0.0745 e. The minimum absolute atomic E-state index is 0.571. The van der Waals surface area contributed by atoms with Crippen LogP contribution in [0.4, 0.5) is 0 Å². The Balaban J connectivity index is 3.34. The minimum atomic E-state index is 0.571. The van der Waals surface area contributed by atoms with Crippen LogP contribution < -0.4 is 0 Å². The van der Waals surface area contributed by atoms with Gasteiger partial charge in [-0.05, 0) is 18.6 Å². The molecule has 14 heavy (non-hydrogen) atoms. The third-order valence-electron chi connectivity index (χ3n) is 1.91. The van der Waals surface area contributed by atoms with E-state index in [9.17, 15) is 0 Å². The second-order valence-electron chi connectivity index (χ2n) is 2.84. The van der Waals surface area contributed by atoms with Gasteiger partial charge in [-0.2, -0.15) is 0 Å². The highest BCUT2D eigenvalue weighted by atomic mass is 35.5. The molecule has 0 amide bonds. The zero-order chi connectivity index (χ0) is 10.6. The molecule has 0 radical (unpaired) electrons. The van der Waals surface area contributed by atoms with Crippen LogP contribution >= 0.6 is 11.6 Å². The molecule has 0 saturated heterocycles. The van der Waals surface area contributed by atoms with Crippen LogP contribution in [0.1, 0.15) is 11.3 Å². The zero-order valence-electron chi connectivity index (χ0n) is 8.13. The summed E-state index contributed by atoms with van der Waals surface area (Å²) in [6.45, 7) is 9.32. The van der Waals surface area contributed by atoms with E-state index in [-0.39, 0.29) is 0 Å². The van der Waals surface area contributed by atoms with Gasteiger partial charge in [0.15, 0.2) is 0 Å². The topological polar surface area (TPSA) is 12.9 Å². The standard InChI is InChI=1S/C12H12ClN/c1-4-10(11(13)5-2)12-9(3)7-6-8-14-12/h4-8H,1-2H2,3H3. The smallest absolute Gasteiger partial charge is 0.0745 e. The maximum atomic E-state index is 5.99. The summed E-state index contributed by atoms with van der Waals surface area (Å²) in [4.78, 5) is 4.26. The Hall–Kier alpha value is -1.34. The third kappa shape index (κ3) is 2.12. The van der Waals surface area contributed by atoms with Crippen LogP contribution in [0.2, 0.25) is 0 Å². The highest BCUT2D eigenvalue weighted by molar-refractivity contribution is 6.34. The summed E-state index contributed by atoms with van der Waals surface area (Å²) < 4.78 is 0. The van der Waals surface area contributed by atoms with Gasteiger partial charge < -0.3 is 0 Å². The van der Waals surface area contributed by atoms with E-state index in [1.165, 1.54) is 0 Å². The van der Waals surface area contributed by atoms with Gasteiger partial charge >= 0.3 is 0 Å². The van der Waals surface area contributed by atoms with Crippen molar-refractivity contribution in [3.63, 3.8) is 0 Å². The summed E-state index contributed by atoms with van der Waals surface area (Å²) in [5, 5.41) is 0.571. The van der Waals surface area contributed by atoms with Gasteiger partial charge in [0.1, 0.15) is 0 Å². The van der Waals surface area contributed by atoms with Crippen molar-refractivity contribution in [2.45, 2.75) is 6.92 Å². The van der Waals surface area contributed by atoms with E-state index in [0.717, 1.165) is 16.8 Å². The molecule has 0 fully saturated rings. The summed E-state index contributed by atoms with van der Waals surface area (Å²) in [6.07, 6.45) is 5.02. The van der Waals surface area contributed by atoms with E-state index < -0.39 is 0 Å². The van der Waals surface area contributed by atoms with Crippen molar-refractivity contribution in [1.82, 2.24) is 4.98 Å². The molecule has 0 N–H and O–H groups in total. The van der Waals surface area contributed by atoms with Crippen LogP contribution in [0.25, 0.3) is 5.57 Å². The van der Waals surface area contributed by atoms with Gasteiger partial charge in [-0.1, -0.05) is 43.0 Å². The molecular formula is C12H12ClN. The summed E-state index contributed by atoms with van der Waals surface area (Å²) in [7, 11) is 0. The Labute approximate surface area is 89.4 Å². The highest BCUT2D eigenvalue weighted by Crippen LogP contribution is 2.23. The molecule has 0 saturated carbocycles. The highest BCUT2D eigenvalue weighted by Gasteiger charge is 2.05. The molecule has 0 aliphatic rings. The monoisotopic (exact) mass is 205 g/mol. The predicted octanol–water partition coefficient (Wildman–Crippen LogP) is 3.71. The fraction of sp³-hybridized carbons (Fsp3) is 0.0833. The van der Waals surface area contributed by atoms with Crippen molar-refractivity contribution in [2.75, 3.05) is 0 Å². The fourth-order valence-electron chi connectivity index (χ4n) is 1.18. The Bertz CT molecular complexity index is 391. The van der Waals surface area contributed by atoms with Gasteiger partial charge in [-0.15, -0.1) is 0 Å². The van der Waals surface area contributed by atoms with Crippen molar-refractivity contribution < 1.29 is 0 Å². The normalized spacial score (nSPS) is 11.9. The van der Waals surface area contributed by atoms with Crippen molar-refractivity contribution in [3.05, 3.63) is 59.9 Å². The zero-order valence-corrected chi connectivity index (χ0v) is 8.88. The first-order chi connectivity index (χ1) is 6.70. The molecule has 1 nitrogen and oxygen atoms in total. The van der Waals surface area contributed by atoms with Crippen LogP contribution in [0.5, 0.6) is 0 Å². The van der Waals surface area contributed by atoms with Crippen molar-refractivity contribution in [1.29, 1.82) is 0 Å². The minimum Gasteiger partial charge on any atom is -0.256 e. The molecule has 1 aromatic heterocycles. The lowest BCUT2D eigenvalue weighted by atomic mass is 10.1. The summed E-state index contributed by atoms with van der Waals surface area (Å²) in [5.41, 5.74) is 2.74. The molecule has 0 aliphatic heterocycles. The summed E-state index contributed by atoms with van der Waals surface area (Å²) in [6, 6.07) is 3.88. The number of aromatic nitrogens is 1. The molecule has 1 rings (SSSR count). The van der Waals surface area contributed by atoms with Crippen LogP contribution in [-0.4, -0.2) is 4.98 Å². The van der Waals surface area contributed by atoms with Crippen LogP contribution in [0.15, 0.2) is 48.7 Å². The second-order valence-corrected chi connectivity index (χ2v) is 3.25. The average molecular weight is 206 g/mol. The number of allylic oxidation sites excluding steroid dienone is 4. The average Bonchev–Trinajstić information content (AvgIpc) is 2.21. The molecule has 0 spiro atoms. The van der Waals surface area contributed by atoms with Gasteiger partial charge in [0.25, 0.3) is 0 Å². The number of rotatable bonds is 3. The van der Waals surface area contributed by atoms with Crippen molar-refractivity contribution in [3.8, 4) is 0 Å². The molecule has 0 atom stereocenters. The second kappa shape index (κ2) is 4.77. The maximum absolute atomic E-state index is 5.99. The molecule has 0 aliphatic carbocycles. The van der Waals surface area contributed by atoms with E-state index in [2.05, 4.69) is 18.1 Å². The molecule has 1 aromatic rings. The first-order valence-corrected chi connectivity index (χ1v) is 4.65. The number of halogens is 1. The largest absolute Gasteiger partial charge is 0.256 e. The van der Waals surface area contributed by atoms with Gasteiger partial charge in [-0.25, -0.2) is 0 Å². The number of aryl methyl sites for hydroxylation is 1. The van der Waals surface area contributed by atoms with Crippen LogP contribution in [0.3, 0.4) is 0 Å². The van der Waals surface area contributed by atoms with Gasteiger partial charge in [0.2, 0.25) is 0 Å². The molecular weight excluding hydrogens is 194 g/mol. The summed E-state index contributed by atoms with van der Waals surface area (Å²) in [5.74, 6) is 0. The van der Waals surface area contributed by atoms with Crippen LogP contribution in [-0.2, 0) is 0 Å². The van der Waals surface area contributed by atoms with E-state index in [0.29, 0.717) is 5.03 Å². The predicted molar refractivity (Wildman–Crippen MR) is 62.1 cm³/mol. The quantitative estimate of drug-likeness (QED) is 0.686. The summed E-state index contributed by atoms with van der Waals surface area (Å²) >= 11 is 5.99. The number of hydrogen-bond donors (Lipinski definition) is 0. The van der Waals surface area contributed by atoms with Gasteiger partial charge in [0, 0.05) is 16.8 Å². The Morgan fingerprint density at radius 1 is 1.43 bits per heavy atom. The van der Waals surface area contributed by atoms with E-state index in [4.69, 9.17) is 11.6 Å². The van der Waals surface area contributed by atoms with Crippen molar-refractivity contribution in [2.24, 2.45) is 0 Å². The van der Waals surface area contributed by atoms with Crippen LogP contribution in [0, 0.1) is 6.92 Å². The first-order valence-electron chi connectivity index (χ1n) is 4.27. The molecule has 1 heterocycles. The lowest BCUT2D eigenvalue weighted by molar-refractivity contribution is 1.22. The molecule has 0 unspecified atom stereocenters. The first kappa shape index (κ1) is 10.7. The number of hydrogen-bond acceptors (Lipinski definition) is 1. The SMILES string of the molecule is C=CC(Cl)=C(C=C)c1ncccc1C. The van der Waals surface area contributed by atoms with E-state index in [1.54, 1.807) is 18.3 Å². The molecule has 0 bridgehead atoms. The molecule has 0 aromatic carbocycles. The number of pyridine rings is 1. The molecule has 72 valence electrons. The lowest BCUT2D eigenvalue weighted by Gasteiger charge is -2.05. The Morgan fingerprint density at radius 3 is 2.64 bits per heavy atom. The van der Waals surface area contributed by atoms with E-state index >= 15 is 0 Å².